The summed E-state index contributed by atoms with van der Waals surface area (Å²) in [5.41, 5.74) is 7.08. The van der Waals surface area contributed by atoms with Gasteiger partial charge in [-0.25, -0.2) is 5.43 Å². The van der Waals surface area contributed by atoms with E-state index in [1.165, 1.54) is 5.56 Å². The number of carbonyl (C=O) groups is 2. The quantitative estimate of drug-likeness (QED) is 0.435. The van der Waals surface area contributed by atoms with Crippen LogP contribution in [0.15, 0.2) is 84.0 Å². The predicted molar refractivity (Wildman–Crippen MR) is 126 cm³/mol. The lowest BCUT2D eigenvalue weighted by atomic mass is 9.87. The Morgan fingerprint density at radius 3 is 1.84 bits per heavy atom. The molecule has 2 N–H and O–H groups in total. The molecular weight excluding hydrogens is 386 g/mol. The molecule has 3 rings (SSSR count). The molecule has 0 aliphatic heterocycles. The molecule has 0 atom stereocenters. The van der Waals surface area contributed by atoms with Crippen molar-refractivity contribution in [3.63, 3.8) is 0 Å². The van der Waals surface area contributed by atoms with Gasteiger partial charge in [0.2, 0.25) is 0 Å². The van der Waals surface area contributed by atoms with E-state index in [2.05, 4.69) is 36.6 Å². The normalized spacial score (nSPS) is 11.7. The summed E-state index contributed by atoms with van der Waals surface area (Å²) >= 11 is 0. The monoisotopic (exact) mass is 413 g/mol. The lowest BCUT2D eigenvalue weighted by Gasteiger charge is -2.19. The van der Waals surface area contributed by atoms with Gasteiger partial charge in [0.05, 0.1) is 5.71 Å². The zero-order valence-electron chi connectivity index (χ0n) is 18.3. The molecule has 5 heteroatoms. The summed E-state index contributed by atoms with van der Waals surface area (Å²) in [6, 6.07) is 23.9. The van der Waals surface area contributed by atoms with Crippen LogP contribution in [0.2, 0.25) is 0 Å². The third-order valence-electron chi connectivity index (χ3n) is 4.93. The van der Waals surface area contributed by atoms with Gasteiger partial charge >= 0.3 is 0 Å². The van der Waals surface area contributed by atoms with E-state index in [4.69, 9.17) is 0 Å². The van der Waals surface area contributed by atoms with Crippen LogP contribution in [0.5, 0.6) is 0 Å². The van der Waals surface area contributed by atoms with Crippen molar-refractivity contribution in [1.82, 2.24) is 5.43 Å². The number of rotatable bonds is 5. The molecule has 0 fully saturated rings. The zero-order valence-corrected chi connectivity index (χ0v) is 18.3. The number of hydrogen-bond acceptors (Lipinski definition) is 3. The number of hydrogen-bond donors (Lipinski definition) is 2. The number of hydrazone groups is 1. The first-order valence-corrected chi connectivity index (χ1v) is 10.2. The van der Waals surface area contributed by atoms with Crippen LogP contribution >= 0.6 is 0 Å². The van der Waals surface area contributed by atoms with Crippen molar-refractivity contribution >= 4 is 23.2 Å². The lowest BCUT2D eigenvalue weighted by Crippen LogP contribution is -2.19. The van der Waals surface area contributed by atoms with Crippen molar-refractivity contribution in [2.45, 2.75) is 33.1 Å². The van der Waals surface area contributed by atoms with Gasteiger partial charge in [0.25, 0.3) is 11.8 Å². The number of amides is 2. The molecule has 158 valence electrons. The number of benzene rings is 3. The van der Waals surface area contributed by atoms with Crippen molar-refractivity contribution < 1.29 is 9.59 Å². The highest BCUT2D eigenvalue weighted by Crippen LogP contribution is 2.22. The highest BCUT2D eigenvalue weighted by Gasteiger charge is 2.14. The van der Waals surface area contributed by atoms with E-state index in [0.29, 0.717) is 16.8 Å². The second-order valence-electron chi connectivity index (χ2n) is 8.36. The number of anilines is 1. The molecule has 0 aliphatic carbocycles. The number of carbonyl (C=O) groups excluding carboxylic acids is 2. The van der Waals surface area contributed by atoms with E-state index in [1.807, 2.05) is 61.5 Å². The largest absolute Gasteiger partial charge is 0.322 e. The molecule has 31 heavy (non-hydrogen) atoms. The fourth-order valence-electron chi connectivity index (χ4n) is 2.97. The molecule has 3 aromatic rings. The molecule has 5 nitrogen and oxygen atoms in total. The van der Waals surface area contributed by atoms with Crippen LogP contribution < -0.4 is 10.7 Å². The van der Waals surface area contributed by atoms with Gasteiger partial charge in [-0.3, -0.25) is 9.59 Å². The second-order valence-corrected chi connectivity index (χ2v) is 8.36. The Balaban J connectivity index is 1.60. The minimum atomic E-state index is -0.314. The average Bonchev–Trinajstić information content (AvgIpc) is 2.77. The first-order chi connectivity index (χ1) is 14.7. The van der Waals surface area contributed by atoms with E-state index >= 15 is 0 Å². The minimum absolute atomic E-state index is 0.0368. The fraction of sp³-hybridized carbons (Fsp3) is 0.192. The van der Waals surface area contributed by atoms with Crippen LogP contribution in [0.4, 0.5) is 5.69 Å². The molecule has 0 radical (unpaired) electrons. The Labute approximate surface area is 183 Å². The van der Waals surface area contributed by atoms with Gasteiger partial charge in [0, 0.05) is 16.8 Å². The predicted octanol–water partition coefficient (Wildman–Crippen LogP) is 5.39. The Kier molecular flexibility index (Phi) is 6.65. The third kappa shape index (κ3) is 5.89. The molecule has 2 amide bonds. The summed E-state index contributed by atoms with van der Waals surface area (Å²) < 4.78 is 0. The molecule has 0 saturated heterocycles. The molecule has 0 saturated carbocycles. The van der Waals surface area contributed by atoms with Crippen molar-refractivity contribution in [2.24, 2.45) is 5.10 Å². The molecule has 0 aromatic heterocycles. The summed E-state index contributed by atoms with van der Waals surface area (Å²) in [7, 11) is 0. The van der Waals surface area contributed by atoms with Gasteiger partial charge in [-0.1, -0.05) is 63.2 Å². The summed E-state index contributed by atoms with van der Waals surface area (Å²) in [5.74, 6) is -0.508. The van der Waals surface area contributed by atoms with E-state index in [1.54, 1.807) is 24.3 Å². The Bertz CT molecular complexity index is 1080. The summed E-state index contributed by atoms with van der Waals surface area (Å²) in [6.07, 6.45) is 0. The second kappa shape index (κ2) is 9.39. The van der Waals surface area contributed by atoms with Gasteiger partial charge in [0.15, 0.2) is 0 Å². The average molecular weight is 414 g/mol. The van der Waals surface area contributed by atoms with E-state index in [9.17, 15) is 9.59 Å². The Morgan fingerprint density at radius 1 is 0.710 bits per heavy atom. The van der Waals surface area contributed by atoms with Crippen LogP contribution in [-0.2, 0) is 5.41 Å². The van der Waals surface area contributed by atoms with E-state index < -0.39 is 0 Å². The first-order valence-electron chi connectivity index (χ1n) is 10.2. The van der Waals surface area contributed by atoms with Gasteiger partial charge < -0.3 is 5.32 Å². The van der Waals surface area contributed by atoms with Gasteiger partial charge in [-0.2, -0.15) is 5.10 Å². The van der Waals surface area contributed by atoms with Crippen molar-refractivity contribution in [2.75, 3.05) is 5.32 Å². The fourth-order valence-corrected chi connectivity index (χ4v) is 2.97. The SMILES string of the molecule is CC(=NNC(=O)c1ccc(NC(=O)c2ccc(C(C)(C)C)cc2)cc1)c1ccccc1. The van der Waals surface area contributed by atoms with E-state index in [0.717, 1.165) is 11.3 Å². The van der Waals surface area contributed by atoms with Crippen LogP contribution in [0, 0.1) is 0 Å². The maximum atomic E-state index is 12.5. The lowest BCUT2D eigenvalue weighted by molar-refractivity contribution is 0.0954. The molecule has 0 bridgehead atoms. The first kappa shape index (κ1) is 22.0. The van der Waals surface area contributed by atoms with Crippen LogP contribution in [0.25, 0.3) is 0 Å². The number of nitrogens with one attached hydrogen (secondary N) is 2. The van der Waals surface area contributed by atoms with Gasteiger partial charge in [0.1, 0.15) is 0 Å². The Morgan fingerprint density at radius 2 is 1.26 bits per heavy atom. The van der Waals surface area contributed by atoms with Crippen molar-refractivity contribution in [1.29, 1.82) is 0 Å². The molecule has 0 heterocycles. The standard InChI is InChI=1S/C26H27N3O2/c1-18(19-8-6-5-7-9-19)28-29-25(31)21-12-16-23(17-13-21)27-24(30)20-10-14-22(15-11-20)26(2,3)4/h5-17H,1-4H3,(H,27,30)(H,29,31). The molecule has 0 spiro atoms. The molecule has 0 unspecified atom stereocenters. The van der Waals surface area contributed by atoms with E-state index in [-0.39, 0.29) is 17.2 Å². The smallest absolute Gasteiger partial charge is 0.271 e. The summed E-state index contributed by atoms with van der Waals surface area (Å²) in [6.45, 7) is 8.23. The van der Waals surface area contributed by atoms with Crippen LogP contribution in [-0.4, -0.2) is 17.5 Å². The maximum absolute atomic E-state index is 12.5. The van der Waals surface area contributed by atoms with Gasteiger partial charge in [-0.05, 0) is 59.9 Å². The maximum Gasteiger partial charge on any atom is 0.271 e. The highest BCUT2D eigenvalue weighted by atomic mass is 16.2. The Hall–Kier alpha value is -3.73. The highest BCUT2D eigenvalue weighted by molar-refractivity contribution is 6.05. The molecule has 3 aromatic carbocycles. The van der Waals surface area contributed by atoms with Crippen molar-refractivity contribution in [3.05, 3.63) is 101 Å². The topological polar surface area (TPSA) is 70.6 Å². The minimum Gasteiger partial charge on any atom is -0.322 e. The zero-order chi connectivity index (χ0) is 22.4. The molecule has 0 aliphatic rings. The number of nitrogens with zero attached hydrogens (tertiary/aromatic N) is 1. The summed E-state index contributed by atoms with van der Waals surface area (Å²) in [5, 5.41) is 7.01. The third-order valence-corrected chi connectivity index (χ3v) is 4.93. The molecular formula is C26H27N3O2. The van der Waals surface area contributed by atoms with Crippen LogP contribution in [0.1, 0.15) is 59.5 Å². The van der Waals surface area contributed by atoms with Crippen LogP contribution in [0.3, 0.4) is 0 Å². The van der Waals surface area contributed by atoms with Crippen molar-refractivity contribution in [3.8, 4) is 0 Å². The summed E-state index contributed by atoms with van der Waals surface area (Å²) in [4.78, 5) is 24.8. The van der Waals surface area contributed by atoms with Gasteiger partial charge in [-0.15, -0.1) is 0 Å².